The van der Waals surface area contributed by atoms with E-state index in [-0.39, 0.29) is 5.56 Å². The van der Waals surface area contributed by atoms with Crippen LogP contribution >= 0.6 is 15.9 Å². The molecule has 5 heteroatoms. The van der Waals surface area contributed by atoms with E-state index in [1.54, 1.807) is 13.2 Å². The summed E-state index contributed by atoms with van der Waals surface area (Å²) in [5, 5.41) is 2.98. The Morgan fingerprint density at radius 3 is 2.75 bits per heavy atom. The van der Waals surface area contributed by atoms with Crippen molar-refractivity contribution in [3.63, 3.8) is 0 Å². The van der Waals surface area contributed by atoms with Crippen molar-refractivity contribution in [3.8, 4) is 11.4 Å². The highest BCUT2D eigenvalue weighted by atomic mass is 79.9. The summed E-state index contributed by atoms with van der Waals surface area (Å²) in [5.74, 6) is 0.716. The summed E-state index contributed by atoms with van der Waals surface area (Å²) in [6, 6.07) is 7.31. The number of benzene rings is 1. The molecule has 16 heavy (non-hydrogen) atoms. The number of halogens is 1. The van der Waals surface area contributed by atoms with Crippen molar-refractivity contribution in [1.82, 2.24) is 9.78 Å². The Morgan fingerprint density at radius 2 is 2.19 bits per heavy atom. The molecule has 4 nitrogen and oxygen atoms in total. The van der Waals surface area contributed by atoms with Gasteiger partial charge in [0.05, 0.1) is 12.8 Å². The van der Waals surface area contributed by atoms with Crippen molar-refractivity contribution >= 4 is 15.9 Å². The van der Waals surface area contributed by atoms with Gasteiger partial charge in [-0.1, -0.05) is 6.07 Å². The number of aromatic nitrogens is 2. The van der Waals surface area contributed by atoms with E-state index in [1.165, 1.54) is 4.68 Å². The third kappa shape index (κ3) is 1.78. The molecule has 0 unspecified atom stereocenters. The molecule has 0 fully saturated rings. The van der Waals surface area contributed by atoms with Gasteiger partial charge in [0.1, 0.15) is 10.2 Å². The van der Waals surface area contributed by atoms with Crippen molar-refractivity contribution < 1.29 is 4.74 Å². The van der Waals surface area contributed by atoms with Crippen molar-refractivity contribution in [1.29, 1.82) is 0 Å². The van der Waals surface area contributed by atoms with E-state index in [0.717, 1.165) is 11.4 Å². The standard InChI is InChI=1S/C11H11BrN2O2/c1-7-10(12)11(15)14(13-7)8-4-3-5-9(6-8)16-2/h3-6,13H,1-2H3. The topological polar surface area (TPSA) is 47.0 Å². The SMILES string of the molecule is COc1cccc(-n2[nH]c(C)c(Br)c2=O)c1. The van der Waals surface area contributed by atoms with Crippen LogP contribution in [0.4, 0.5) is 0 Å². The van der Waals surface area contributed by atoms with Gasteiger partial charge in [0, 0.05) is 11.8 Å². The van der Waals surface area contributed by atoms with E-state index in [2.05, 4.69) is 21.0 Å². The maximum atomic E-state index is 11.8. The Morgan fingerprint density at radius 1 is 1.44 bits per heavy atom. The lowest BCUT2D eigenvalue weighted by Gasteiger charge is -2.04. The highest BCUT2D eigenvalue weighted by molar-refractivity contribution is 9.10. The maximum Gasteiger partial charge on any atom is 0.285 e. The Bertz CT molecular complexity index is 572. The minimum Gasteiger partial charge on any atom is -0.497 e. The van der Waals surface area contributed by atoms with Gasteiger partial charge in [0.2, 0.25) is 0 Å². The van der Waals surface area contributed by atoms with Crippen LogP contribution in [0.5, 0.6) is 5.75 Å². The first-order valence-corrected chi connectivity index (χ1v) is 5.54. The van der Waals surface area contributed by atoms with Crippen LogP contribution in [0.15, 0.2) is 33.5 Å². The number of aromatic amines is 1. The lowest BCUT2D eigenvalue weighted by atomic mass is 10.3. The second-order valence-electron chi connectivity index (χ2n) is 3.39. The van der Waals surface area contributed by atoms with Gasteiger partial charge in [-0.15, -0.1) is 0 Å². The summed E-state index contributed by atoms with van der Waals surface area (Å²) < 4.78 is 7.14. The summed E-state index contributed by atoms with van der Waals surface area (Å²) in [7, 11) is 1.60. The number of hydrogen-bond acceptors (Lipinski definition) is 2. The highest BCUT2D eigenvalue weighted by Gasteiger charge is 2.09. The molecule has 0 radical (unpaired) electrons. The summed E-state index contributed by atoms with van der Waals surface area (Å²) in [5.41, 5.74) is 1.44. The fourth-order valence-electron chi connectivity index (χ4n) is 1.46. The quantitative estimate of drug-likeness (QED) is 0.918. The summed E-state index contributed by atoms with van der Waals surface area (Å²) >= 11 is 3.24. The van der Waals surface area contributed by atoms with Gasteiger partial charge in [0.15, 0.2) is 0 Å². The number of nitrogens with one attached hydrogen (secondary N) is 1. The van der Waals surface area contributed by atoms with Crippen molar-refractivity contribution in [2.24, 2.45) is 0 Å². The zero-order valence-electron chi connectivity index (χ0n) is 8.95. The number of nitrogens with zero attached hydrogens (tertiary/aromatic N) is 1. The second-order valence-corrected chi connectivity index (χ2v) is 4.19. The number of methoxy groups -OCH3 is 1. The number of H-pyrrole nitrogens is 1. The lowest BCUT2D eigenvalue weighted by Crippen LogP contribution is -2.14. The molecule has 2 aromatic rings. The average molecular weight is 283 g/mol. The molecule has 0 aliphatic rings. The first-order chi connectivity index (χ1) is 7.63. The molecule has 0 bridgehead atoms. The zero-order valence-corrected chi connectivity index (χ0v) is 10.5. The van der Waals surface area contributed by atoms with Crippen molar-refractivity contribution in [2.75, 3.05) is 7.11 Å². The number of ether oxygens (including phenoxy) is 1. The predicted molar refractivity (Wildman–Crippen MR) is 65.4 cm³/mol. The summed E-state index contributed by atoms with van der Waals surface area (Å²) in [6.45, 7) is 1.84. The van der Waals surface area contributed by atoms with E-state index < -0.39 is 0 Å². The molecule has 84 valence electrons. The molecule has 0 atom stereocenters. The van der Waals surface area contributed by atoms with Crippen LogP contribution in [0.2, 0.25) is 0 Å². The molecule has 0 aliphatic heterocycles. The van der Waals surface area contributed by atoms with E-state index in [9.17, 15) is 4.79 Å². The third-order valence-electron chi connectivity index (χ3n) is 2.31. The largest absolute Gasteiger partial charge is 0.497 e. The maximum absolute atomic E-state index is 11.8. The van der Waals surface area contributed by atoms with Crippen LogP contribution < -0.4 is 10.3 Å². The van der Waals surface area contributed by atoms with Gasteiger partial charge in [-0.25, -0.2) is 4.68 Å². The number of aryl methyl sites for hydroxylation is 1. The smallest absolute Gasteiger partial charge is 0.285 e. The Hall–Kier alpha value is -1.49. The molecule has 0 saturated heterocycles. The lowest BCUT2D eigenvalue weighted by molar-refractivity contribution is 0.414. The molecule has 1 heterocycles. The van der Waals surface area contributed by atoms with E-state index >= 15 is 0 Å². The molecule has 0 saturated carbocycles. The zero-order chi connectivity index (χ0) is 11.7. The monoisotopic (exact) mass is 282 g/mol. The molecule has 0 spiro atoms. The Labute approximate surface area is 101 Å². The highest BCUT2D eigenvalue weighted by Crippen LogP contribution is 2.16. The van der Waals surface area contributed by atoms with Crippen molar-refractivity contribution in [2.45, 2.75) is 6.92 Å². The van der Waals surface area contributed by atoms with E-state index in [4.69, 9.17) is 4.74 Å². The van der Waals surface area contributed by atoms with Crippen LogP contribution in [0, 0.1) is 6.92 Å². The number of hydrogen-bond donors (Lipinski definition) is 1. The van der Waals surface area contributed by atoms with E-state index in [0.29, 0.717) is 10.2 Å². The molecule has 1 N–H and O–H groups in total. The molecule has 0 amide bonds. The molecule has 0 aliphatic carbocycles. The van der Waals surface area contributed by atoms with Gasteiger partial charge in [-0.05, 0) is 35.0 Å². The fourth-order valence-corrected chi connectivity index (χ4v) is 1.72. The third-order valence-corrected chi connectivity index (χ3v) is 3.25. The van der Waals surface area contributed by atoms with Crippen LogP contribution in [0.1, 0.15) is 5.69 Å². The van der Waals surface area contributed by atoms with Gasteiger partial charge in [-0.2, -0.15) is 0 Å². The first kappa shape index (κ1) is 11.0. The summed E-state index contributed by atoms with van der Waals surface area (Å²) in [4.78, 5) is 11.8. The predicted octanol–water partition coefficient (Wildman–Crippen LogP) is 2.25. The molecule has 1 aromatic heterocycles. The second kappa shape index (κ2) is 4.17. The molecule has 1 aromatic carbocycles. The normalized spacial score (nSPS) is 10.4. The molecule has 2 rings (SSSR count). The first-order valence-electron chi connectivity index (χ1n) is 4.75. The minimum atomic E-state index is -0.106. The number of rotatable bonds is 2. The van der Waals surface area contributed by atoms with Crippen LogP contribution in [0.25, 0.3) is 5.69 Å². The average Bonchev–Trinajstić information content (AvgIpc) is 2.57. The van der Waals surface area contributed by atoms with Crippen LogP contribution in [-0.4, -0.2) is 16.9 Å². The Kier molecular flexibility index (Phi) is 2.87. The van der Waals surface area contributed by atoms with Gasteiger partial charge in [0.25, 0.3) is 5.56 Å². The van der Waals surface area contributed by atoms with Gasteiger partial charge < -0.3 is 4.74 Å². The molecular formula is C11H11BrN2O2. The summed E-state index contributed by atoms with van der Waals surface area (Å²) in [6.07, 6.45) is 0. The van der Waals surface area contributed by atoms with E-state index in [1.807, 2.05) is 25.1 Å². The Balaban J connectivity index is 2.58. The van der Waals surface area contributed by atoms with Crippen LogP contribution in [0.3, 0.4) is 0 Å². The van der Waals surface area contributed by atoms with Crippen LogP contribution in [-0.2, 0) is 0 Å². The van der Waals surface area contributed by atoms with Crippen molar-refractivity contribution in [3.05, 3.63) is 44.8 Å². The van der Waals surface area contributed by atoms with Gasteiger partial charge in [-0.3, -0.25) is 9.89 Å². The fraction of sp³-hybridized carbons (Fsp3) is 0.182. The molecular weight excluding hydrogens is 272 g/mol. The van der Waals surface area contributed by atoms with Gasteiger partial charge >= 0.3 is 0 Å². The minimum absolute atomic E-state index is 0.106.